The summed E-state index contributed by atoms with van der Waals surface area (Å²) in [4.78, 5) is 21.7. The molecule has 0 saturated carbocycles. The zero-order chi connectivity index (χ0) is 16.3. The second-order valence-corrected chi connectivity index (χ2v) is 6.52. The number of fused-ring (bicyclic) bond motifs is 1. The van der Waals surface area contributed by atoms with Crippen LogP contribution in [0.3, 0.4) is 0 Å². The van der Waals surface area contributed by atoms with Gasteiger partial charge in [0, 0.05) is 26.1 Å². The number of carbonyl (C=O) groups excluding carboxylic acids is 1. The monoisotopic (exact) mass is 316 g/mol. The Balaban J connectivity index is 1.40. The number of piperidine rings is 1. The third-order valence-electron chi connectivity index (χ3n) is 4.43. The summed E-state index contributed by atoms with van der Waals surface area (Å²) in [6, 6.07) is 7.93. The highest BCUT2D eigenvalue weighted by Crippen LogP contribution is 2.20. The number of hydrogen-bond donors (Lipinski definition) is 3. The molecule has 3 rings (SSSR count). The Labute approximate surface area is 135 Å². The average Bonchev–Trinajstić information content (AvgIpc) is 2.94. The van der Waals surface area contributed by atoms with Gasteiger partial charge < -0.3 is 20.3 Å². The lowest BCUT2D eigenvalue weighted by molar-refractivity contribution is 0.00441. The van der Waals surface area contributed by atoms with E-state index in [1.54, 1.807) is 4.90 Å². The van der Waals surface area contributed by atoms with E-state index in [9.17, 15) is 9.90 Å². The Morgan fingerprint density at radius 1 is 1.39 bits per heavy atom. The fourth-order valence-corrected chi connectivity index (χ4v) is 2.88. The van der Waals surface area contributed by atoms with Crippen LogP contribution in [-0.4, -0.2) is 51.2 Å². The molecule has 6 heteroatoms. The molecule has 0 radical (unpaired) electrons. The summed E-state index contributed by atoms with van der Waals surface area (Å²) < 4.78 is 0. The van der Waals surface area contributed by atoms with Gasteiger partial charge in [-0.15, -0.1) is 0 Å². The third kappa shape index (κ3) is 4.01. The number of likely N-dealkylation sites (tertiary alicyclic amines) is 1. The molecule has 0 aliphatic carbocycles. The van der Waals surface area contributed by atoms with Crippen LogP contribution in [0.15, 0.2) is 24.3 Å². The molecule has 2 heterocycles. The summed E-state index contributed by atoms with van der Waals surface area (Å²) >= 11 is 0. The Bertz CT molecular complexity index is 637. The zero-order valence-corrected chi connectivity index (χ0v) is 13.5. The highest BCUT2D eigenvalue weighted by molar-refractivity contribution is 5.75. The minimum atomic E-state index is -0.627. The van der Waals surface area contributed by atoms with Crippen LogP contribution in [0.5, 0.6) is 0 Å². The number of urea groups is 1. The van der Waals surface area contributed by atoms with Crippen molar-refractivity contribution in [3.63, 3.8) is 0 Å². The smallest absolute Gasteiger partial charge is 0.317 e. The van der Waals surface area contributed by atoms with E-state index in [-0.39, 0.29) is 6.03 Å². The second-order valence-electron chi connectivity index (χ2n) is 6.52. The van der Waals surface area contributed by atoms with Crippen LogP contribution in [0, 0.1) is 0 Å². The molecule has 0 atom stereocenters. The Morgan fingerprint density at radius 2 is 2.13 bits per heavy atom. The fourth-order valence-electron chi connectivity index (χ4n) is 2.88. The molecule has 1 fully saturated rings. The van der Waals surface area contributed by atoms with Crippen LogP contribution in [0.2, 0.25) is 0 Å². The molecular weight excluding hydrogens is 292 g/mol. The van der Waals surface area contributed by atoms with Gasteiger partial charge in [-0.2, -0.15) is 0 Å². The van der Waals surface area contributed by atoms with Crippen molar-refractivity contribution in [1.82, 2.24) is 20.2 Å². The average molecular weight is 316 g/mol. The quantitative estimate of drug-likeness (QED) is 0.755. The topological polar surface area (TPSA) is 81.2 Å². The predicted molar refractivity (Wildman–Crippen MR) is 89.2 cm³/mol. The molecule has 1 aromatic heterocycles. The number of hydrogen-bond acceptors (Lipinski definition) is 3. The molecule has 1 aliphatic heterocycles. The highest BCUT2D eigenvalue weighted by Gasteiger charge is 2.29. The summed E-state index contributed by atoms with van der Waals surface area (Å²) in [6.45, 7) is 3.68. The van der Waals surface area contributed by atoms with Gasteiger partial charge in [0.2, 0.25) is 0 Å². The summed E-state index contributed by atoms with van der Waals surface area (Å²) in [5.41, 5.74) is 1.40. The van der Waals surface area contributed by atoms with E-state index in [1.807, 2.05) is 31.2 Å². The fraction of sp³-hybridized carbons (Fsp3) is 0.529. The lowest BCUT2D eigenvalue weighted by atomic mass is 9.94. The Hall–Kier alpha value is -2.08. The number of aliphatic hydroxyl groups is 1. The molecule has 6 nitrogen and oxygen atoms in total. The van der Waals surface area contributed by atoms with Crippen molar-refractivity contribution in [1.29, 1.82) is 0 Å². The maximum Gasteiger partial charge on any atom is 0.317 e. The number of rotatable bonds is 4. The molecular formula is C17H24N4O2. The van der Waals surface area contributed by atoms with Crippen molar-refractivity contribution in [3.8, 4) is 0 Å². The van der Waals surface area contributed by atoms with Gasteiger partial charge in [-0.25, -0.2) is 9.78 Å². The number of nitrogens with zero attached hydrogens (tertiary/aromatic N) is 2. The van der Waals surface area contributed by atoms with E-state index < -0.39 is 5.60 Å². The molecule has 23 heavy (non-hydrogen) atoms. The second kappa shape index (κ2) is 6.58. The normalized spacial score (nSPS) is 17.4. The summed E-state index contributed by atoms with van der Waals surface area (Å²) in [5.74, 6) is 0.953. The van der Waals surface area contributed by atoms with Crippen LogP contribution in [0.1, 0.15) is 32.0 Å². The number of carbonyl (C=O) groups is 1. The Kier molecular flexibility index (Phi) is 4.52. The first kappa shape index (κ1) is 15.8. The van der Waals surface area contributed by atoms with Crippen molar-refractivity contribution in [2.24, 2.45) is 0 Å². The van der Waals surface area contributed by atoms with Crippen molar-refractivity contribution >= 4 is 17.1 Å². The van der Waals surface area contributed by atoms with Gasteiger partial charge in [-0.05, 0) is 38.3 Å². The van der Waals surface area contributed by atoms with E-state index in [1.165, 1.54) is 0 Å². The molecule has 0 spiro atoms. The van der Waals surface area contributed by atoms with Gasteiger partial charge in [0.15, 0.2) is 0 Å². The highest BCUT2D eigenvalue weighted by atomic mass is 16.3. The number of imidazole rings is 1. The van der Waals surface area contributed by atoms with Gasteiger partial charge in [0.25, 0.3) is 0 Å². The predicted octanol–water partition coefficient (Wildman–Crippen LogP) is 2.05. The van der Waals surface area contributed by atoms with E-state index in [0.29, 0.717) is 32.5 Å². The minimum Gasteiger partial charge on any atom is -0.390 e. The Morgan fingerprint density at radius 3 is 2.87 bits per heavy atom. The van der Waals surface area contributed by atoms with Crippen LogP contribution < -0.4 is 5.32 Å². The number of nitrogens with one attached hydrogen (secondary N) is 2. The lowest BCUT2D eigenvalue weighted by Gasteiger charge is -2.35. The van der Waals surface area contributed by atoms with Gasteiger partial charge in [0.05, 0.1) is 16.6 Å². The molecule has 0 unspecified atom stereocenters. The maximum absolute atomic E-state index is 12.1. The third-order valence-corrected chi connectivity index (χ3v) is 4.43. The number of H-pyrrole nitrogens is 1. The molecule has 2 amide bonds. The van der Waals surface area contributed by atoms with Gasteiger partial charge in [-0.3, -0.25) is 0 Å². The molecule has 1 aromatic carbocycles. The van der Waals surface area contributed by atoms with Gasteiger partial charge in [0.1, 0.15) is 5.82 Å². The number of para-hydroxylation sites is 2. The summed E-state index contributed by atoms with van der Waals surface area (Å²) in [7, 11) is 0. The largest absolute Gasteiger partial charge is 0.390 e. The molecule has 0 bridgehead atoms. The number of aryl methyl sites for hydroxylation is 1. The number of aromatic amines is 1. The summed E-state index contributed by atoms with van der Waals surface area (Å²) in [5, 5.41) is 12.9. The van der Waals surface area contributed by atoms with Crippen LogP contribution in [-0.2, 0) is 6.42 Å². The number of amides is 2. The van der Waals surface area contributed by atoms with Crippen molar-refractivity contribution in [2.75, 3.05) is 19.6 Å². The van der Waals surface area contributed by atoms with Crippen molar-refractivity contribution < 1.29 is 9.90 Å². The van der Waals surface area contributed by atoms with Crippen LogP contribution >= 0.6 is 0 Å². The van der Waals surface area contributed by atoms with Crippen LogP contribution in [0.4, 0.5) is 4.79 Å². The molecule has 1 aliphatic rings. The van der Waals surface area contributed by atoms with E-state index in [4.69, 9.17) is 0 Å². The molecule has 124 valence electrons. The first-order chi connectivity index (χ1) is 11.0. The SMILES string of the molecule is CC1(O)CCN(C(=O)NCCCc2nc3ccccc3[nH]2)CC1. The van der Waals surface area contributed by atoms with Gasteiger partial charge in [-0.1, -0.05) is 12.1 Å². The number of aromatic nitrogens is 2. The first-order valence-electron chi connectivity index (χ1n) is 8.22. The standard InChI is InChI=1S/C17H24N4O2/c1-17(23)8-11-21(12-9-17)16(22)18-10-4-7-15-19-13-5-2-3-6-14(13)20-15/h2-3,5-6,23H,4,7-12H2,1H3,(H,18,22)(H,19,20). The molecule has 1 saturated heterocycles. The van der Waals surface area contributed by atoms with E-state index in [2.05, 4.69) is 15.3 Å². The molecule has 3 N–H and O–H groups in total. The summed E-state index contributed by atoms with van der Waals surface area (Å²) in [6.07, 6.45) is 2.93. The van der Waals surface area contributed by atoms with Crippen LogP contribution in [0.25, 0.3) is 11.0 Å². The van der Waals surface area contributed by atoms with E-state index in [0.717, 1.165) is 29.7 Å². The lowest BCUT2D eigenvalue weighted by Crippen LogP contribution is -2.49. The first-order valence-corrected chi connectivity index (χ1v) is 8.22. The molecule has 2 aromatic rings. The zero-order valence-electron chi connectivity index (χ0n) is 13.5. The minimum absolute atomic E-state index is 0.0369. The maximum atomic E-state index is 12.1. The van der Waals surface area contributed by atoms with Crippen molar-refractivity contribution in [3.05, 3.63) is 30.1 Å². The van der Waals surface area contributed by atoms with E-state index >= 15 is 0 Å². The van der Waals surface area contributed by atoms with Crippen molar-refractivity contribution in [2.45, 2.75) is 38.2 Å². The number of benzene rings is 1. The van der Waals surface area contributed by atoms with Gasteiger partial charge >= 0.3 is 6.03 Å².